The average molecular weight is 450 g/mol. The zero-order valence-electron chi connectivity index (χ0n) is 19.1. The largest absolute Gasteiger partial charge is 0.495 e. The minimum Gasteiger partial charge on any atom is -0.495 e. The van der Waals surface area contributed by atoms with E-state index >= 15 is 4.39 Å². The summed E-state index contributed by atoms with van der Waals surface area (Å²) in [5.41, 5.74) is 0.428. The predicted molar refractivity (Wildman–Crippen MR) is 117 cm³/mol. The first kappa shape index (κ1) is 24.0. The van der Waals surface area contributed by atoms with Crippen LogP contribution in [0.2, 0.25) is 0 Å². The first-order valence-electron chi connectivity index (χ1n) is 11.0. The van der Waals surface area contributed by atoms with Crippen LogP contribution in [-0.4, -0.2) is 61.1 Å². The van der Waals surface area contributed by atoms with Gasteiger partial charge in [-0.25, -0.2) is 4.39 Å². The highest BCUT2D eigenvalue weighted by Gasteiger charge is 2.29. The molecule has 8 nitrogen and oxygen atoms in total. The first-order valence-corrected chi connectivity index (χ1v) is 11.0. The summed E-state index contributed by atoms with van der Waals surface area (Å²) < 4.78 is 25.8. The molecule has 1 aromatic rings. The second kappa shape index (κ2) is 9.85. The molecule has 0 saturated carbocycles. The van der Waals surface area contributed by atoms with Crippen LogP contribution in [0.5, 0.6) is 5.75 Å². The number of likely N-dealkylation sites (tertiary alicyclic amines) is 1. The van der Waals surface area contributed by atoms with Crippen molar-refractivity contribution in [3.63, 3.8) is 0 Å². The third-order valence-corrected chi connectivity index (χ3v) is 5.69. The molecule has 2 N–H and O–H groups in total. The van der Waals surface area contributed by atoms with Crippen LogP contribution in [0.4, 0.5) is 10.1 Å². The van der Waals surface area contributed by atoms with Crippen LogP contribution in [0.3, 0.4) is 0 Å². The van der Waals surface area contributed by atoms with Crippen molar-refractivity contribution in [1.82, 2.24) is 10.2 Å². The van der Waals surface area contributed by atoms with Gasteiger partial charge in [-0.2, -0.15) is 0 Å². The van der Waals surface area contributed by atoms with Crippen molar-refractivity contribution >= 4 is 23.5 Å². The van der Waals surface area contributed by atoms with Gasteiger partial charge in [0, 0.05) is 12.5 Å². The molecule has 0 aromatic heterocycles. The molecule has 2 aliphatic heterocycles. The second-order valence-corrected chi connectivity index (χ2v) is 9.36. The average Bonchev–Trinajstić information content (AvgIpc) is 2.69. The minimum atomic E-state index is -0.622. The third kappa shape index (κ3) is 6.18. The normalized spacial score (nSPS) is 20.6. The molecule has 2 amide bonds. The Morgan fingerprint density at radius 3 is 2.50 bits per heavy atom. The number of methoxy groups -OCH3 is 1. The molecule has 0 aliphatic carbocycles. The van der Waals surface area contributed by atoms with Gasteiger partial charge in [0.15, 0.2) is 0 Å². The predicted octanol–water partition coefficient (Wildman–Crippen LogP) is 2.57. The summed E-state index contributed by atoms with van der Waals surface area (Å²) in [5.74, 6) is -0.908. The molecule has 1 aromatic carbocycles. The van der Waals surface area contributed by atoms with Crippen LogP contribution < -0.4 is 15.4 Å². The van der Waals surface area contributed by atoms with Gasteiger partial charge < -0.3 is 14.8 Å². The number of benzene rings is 1. The zero-order chi connectivity index (χ0) is 23.5. The van der Waals surface area contributed by atoms with Crippen LogP contribution in [0.15, 0.2) is 12.1 Å². The Morgan fingerprint density at radius 1 is 1.22 bits per heavy atom. The van der Waals surface area contributed by atoms with E-state index in [1.54, 1.807) is 6.07 Å². The van der Waals surface area contributed by atoms with Crippen molar-refractivity contribution in [3.8, 4) is 5.75 Å². The Morgan fingerprint density at radius 2 is 1.91 bits per heavy atom. The van der Waals surface area contributed by atoms with E-state index in [0.717, 1.165) is 0 Å². The van der Waals surface area contributed by atoms with Crippen LogP contribution in [-0.2, 0) is 19.1 Å². The molecule has 0 bridgehead atoms. The molecule has 0 radical (unpaired) electrons. The molecular formula is C23H32FN3O5. The quantitative estimate of drug-likeness (QED) is 0.509. The molecule has 2 saturated heterocycles. The highest BCUT2D eigenvalue weighted by atomic mass is 19.1. The number of amides is 2. The second-order valence-electron chi connectivity index (χ2n) is 9.36. The number of hydrogen-bond donors (Lipinski definition) is 2. The SMILES string of the molecule is COc1cc(C2CCN(CC(=O)OC(C)(C)C)CC2)c(F)cc1NC1CCC(=O)NC1=O. The summed E-state index contributed by atoms with van der Waals surface area (Å²) in [4.78, 5) is 37.5. The summed E-state index contributed by atoms with van der Waals surface area (Å²) >= 11 is 0. The molecule has 176 valence electrons. The summed E-state index contributed by atoms with van der Waals surface area (Å²) in [5, 5.41) is 5.28. The monoisotopic (exact) mass is 449 g/mol. The van der Waals surface area contributed by atoms with Crippen molar-refractivity contribution in [2.24, 2.45) is 0 Å². The maximum atomic E-state index is 15.0. The number of nitrogens with zero attached hydrogens (tertiary/aromatic N) is 1. The van der Waals surface area contributed by atoms with Gasteiger partial charge in [0.25, 0.3) is 0 Å². The Kier molecular flexibility index (Phi) is 7.38. The Balaban J connectivity index is 1.63. The van der Waals surface area contributed by atoms with Gasteiger partial charge in [-0.15, -0.1) is 0 Å². The lowest BCUT2D eigenvalue weighted by Gasteiger charge is -2.32. The van der Waals surface area contributed by atoms with E-state index in [0.29, 0.717) is 49.4 Å². The number of carbonyl (C=O) groups excluding carboxylic acids is 3. The smallest absolute Gasteiger partial charge is 0.320 e. The van der Waals surface area contributed by atoms with Gasteiger partial charge in [0.1, 0.15) is 23.2 Å². The number of ether oxygens (including phenoxy) is 2. The van der Waals surface area contributed by atoms with Gasteiger partial charge in [0.2, 0.25) is 11.8 Å². The number of anilines is 1. The Labute approximate surface area is 187 Å². The molecule has 1 unspecified atom stereocenters. The van der Waals surface area contributed by atoms with Crippen molar-refractivity contribution in [3.05, 3.63) is 23.5 Å². The topological polar surface area (TPSA) is 97.0 Å². The maximum Gasteiger partial charge on any atom is 0.320 e. The first-order chi connectivity index (χ1) is 15.1. The molecule has 2 fully saturated rings. The lowest BCUT2D eigenvalue weighted by molar-refractivity contribution is -0.156. The third-order valence-electron chi connectivity index (χ3n) is 5.69. The van der Waals surface area contributed by atoms with Gasteiger partial charge in [-0.3, -0.25) is 24.6 Å². The number of hydrogen-bond acceptors (Lipinski definition) is 7. The molecule has 1 atom stereocenters. The highest BCUT2D eigenvalue weighted by molar-refractivity contribution is 6.01. The number of halogens is 1. The summed E-state index contributed by atoms with van der Waals surface area (Å²) in [6.45, 7) is 7.08. The van der Waals surface area contributed by atoms with Crippen LogP contribution in [0, 0.1) is 5.82 Å². The molecular weight excluding hydrogens is 417 g/mol. The summed E-state index contributed by atoms with van der Waals surface area (Å²) in [6, 6.07) is 2.41. The lowest BCUT2D eigenvalue weighted by atomic mass is 9.88. The molecule has 3 rings (SSSR count). The maximum absolute atomic E-state index is 15.0. The van der Waals surface area contributed by atoms with Crippen molar-refractivity contribution in [2.75, 3.05) is 32.1 Å². The fraction of sp³-hybridized carbons (Fsp3) is 0.609. The number of rotatable bonds is 6. The highest BCUT2D eigenvalue weighted by Crippen LogP contribution is 2.36. The fourth-order valence-electron chi connectivity index (χ4n) is 4.14. The van der Waals surface area contributed by atoms with Crippen molar-refractivity contribution in [1.29, 1.82) is 0 Å². The molecule has 0 spiro atoms. The van der Waals surface area contributed by atoms with E-state index in [1.807, 2.05) is 25.7 Å². The lowest BCUT2D eigenvalue weighted by Crippen LogP contribution is -2.47. The minimum absolute atomic E-state index is 0.00318. The molecule has 2 heterocycles. The van der Waals surface area contributed by atoms with E-state index in [1.165, 1.54) is 13.2 Å². The van der Waals surface area contributed by atoms with E-state index in [4.69, 9.17) is 9.47 Å². The number of esters is 1. The Bertz CT molecular complexity index is 875. The fourth-order valence-corrected chi connectivity index (χ4v) is 4.14. The van der Waals surface area contributed by atoms with E-state index < -0.39 is 17.6 Å². The molecule has 2 aliphatic rings. The van der Waals surface area contributed by atoms with E-state index in [9.17, 15) is 14.4 Å². The van der Waals surface area contributed by atoms with Crippen LogP contribution in [0.25, 0.3) is 0 Å². The zero-order valence-corrected chi connectivity index (χ0v) is 19.1. The van der Waals surface area contributed by atoms with E-state index in [-0.39, 0.29) is 36.6 Å². The Hall–Kier alpha value is -2.68. The van der Waals surface area contributed by atoms with Gasteiger partial charge in [-0.05, 0) is 70.7 Å². The summed E-state index contributed by atoms with van der Waals surface area (Å²) in [6.07, 6.45) is 1.99. The van der Waals surface area contributed by atoms with Crippen molar-refractivity contribution < 1.29 is 28.2 Å². The molecule has 32 heavy (non-hydrogen) atoms. The number of imide groups is 1. The molecule has 9 heteroatoms. The van der Waals surface area contributed by atoms with Crippen LogP contribution in [0.1, 0.15) is 57.9 Å². The van der Waals surface area contributed by atoms with E-state index in [2.05, 4.69) is 10.6 Å². The number of carbonyl (C=O) groups is 3. The van der Waals surface area contributed by atoms with Crippen molar-refractivity contribution in [2.45, 2.75) is 64.0 Å². The number of piperidine rings is 2. The van der Waals surface area contributed by atoms with Gasteiger partial charge in [-0.1, -0.05) is 0 Å². The van der Waals surface area contributed by atoms with Gasteiger partial charge in [0.05, 0.1) is 19.3 Å². The summed E-state index contributed by atoms with van der Waals surface area (Å²) in [7, 11) is 1.50. The van der Waals surface area contributed by atoms with Gasteiger partial charge >= 0.3 is 5.97 Å². The van der Waals surface area contributed by atoms with Crippen LogP contribution >= 0.6 is 0 Å². The number of nitrogens with one attached hydrogen (secondary N) is 2. The standard InChI is InChI=1S/C23H32FN3O5/c1-23(2,3)32-21(29)13-27-9-7-14(8-10-27)15-11-19(31-4)18(12-16(15)24)25-17-5-6-20(28)26-22(17)30/h11-12,14,17,25H,5-10,13H2,1-4H3,(H,26,28,30).